The molecule has 0 aliphatic heterocycles. The molecule has 0 saturated carbocycles. The van der Waals surface area contributed by atoms with Gasteiger partial charge in [0.1, 0.15) is 5.82 Å². The van der Waals surface area contributed by atoms with E-state index in [0.29, 0.717) is 17.9 Å². The second-order valence-electron chi connectivity index (χ2n) is 4.81. The van der Waals surface area contributed by atoms with Gasteiger partial charge in [0, 0.05) is 6.54 Å². The first-order valence-electron chi connectivity index (χ1n) is 6.72. The van der Waals surface area contributed by atoms with Crippen LogP contribution in [0.25, 0.3) is 0 Å². The van der Waals surface area contributed by atoms with Crippen LogP contribution in [0.1, 0.15) is 33.1 Å². The maximum absolute atomic E-state index is 12.2. The molecule has 0 aliphatic carbocycles. The van der Waals surface area contributed by atoms with E-state index < -0.39 is 0 Å². The van der Waals surface area contributed by atoms with Crippen LogP contribution in [0.15, 0.2) is 30.3 Å². The van der Waals surface area contributed by atoms with Crippen molar-refractivity contribution in [3.05, 3.63) is 58.7 Å². The lowest BCUT2D eigenvalue weighted by Gasteiger charge is -2.10. The van der Waals surface area contributed by atoms with Gasteiger partial charge in [-0.3, -0.25) is 4.79 Å². The summed E-state index contributed by atoms with van der Waals surface area (Å²) in [4.78, 5) is 20.7. The van der Waals surface area contributed by atoms with Crippen molar-refractivity contribution in [2.45, 2.75) is 27.2 Å². The lowest BCUT2D eigenvalue weighted by Crippen LogP contribution is -2.28. The van der Waals surface area contributed by atoms with Gasteiger partial charge in [-0.1, -0.05) is 30.3 Å². The average molecular weight is 269 g/mol. The van der Waals surface area contributed by atoms with Crippen molar-refractivity contribution < 1.29 is 4.79 Å². The van der Waals surface area contributed by atoms with Crippen molar-refractivity contribution in [1.29, 1.82) is 0 Å². The highest BCUT2D eigenvalue weighted by Gasteiger charge is 2.14. The van der Waals surface area contributed by atoms with Crippen molar-refractivity contribution in [1.82, 2.24) is 15.3 Å². The molecule has 20 heavy (non-hydrogen) atoms. The van der Waals surface area contributed by atoms with Gasteiger partial charge in [0.25, 0.3) is 5.91 Å². The van der Waals surface area contributed by atoms with E-state index in [4.69, 9.17) is 0 Å². The average Bonchev–Trinajstić information content (AvgIpc) is 2.38. The van der Waals surface area contributed by atoms with Crippen LogP contribution in [-0.2, 0) is 6.42 Å². The minimum Gasteiger partial charge on any atom is -0.352 e. The van der Waals surface area contributed by atoms with E-state index >= 15 is 0 Å². The van der Waals surface area contributed by atoms with Crippen molar-refractivity contribution in [3.8, 4) is 0 Å². The minimum atomic E-state index is -0.101. The number of hydrogen-bond acceptors (Lipinski definition) is 3. The summed E-state index contributed by atoms with van der Waals surface area (Å²) in [6.07, 6.45) is 0.817. The summed E-state index contributed by atoms with van der Waals surface area (Å²) in [5, 5.41) is 2.93. The number of rotatable bonds is 4. The fourth-order valence-electron chi connectivity index (χ4n) is 2.27. The lowest BCUT2D eigenvalue weighted by atomic mass is 10.1. The van der Waals surface area contributed by atoms with Crippen LogP contribution in [0.3, 0.4) is 0 Å². The van der Waals surface area contributed by atoms with E-state index in [2.05, 4.69) is 27.4 Å². The highest BCUT2D eigenvalue weighted by molar-refractivity contribution is 5.96. The summed E-state index contributed by atoms with van der Waals surface area (Å²) in [6.45, 7) is 6.12. The van der Waals surface area contributed by atoms with Crippen molar-refractivity contribution in [2.75, 3.05) is 6.54 Å². The third-order valence-electron chi connectivity index (χ3n) is 3.15. The van der Waals surface area contributed by atoms with Crippen LogP contribution in [0.5, 0.6) is 0 Å². The second kappa shape index (κ2) is 6.28. The summed E-state index contributed by atoms with van der Waals surface area (Å²) in [5.74, 6) is 0.594. The Morgan fingerprint density at radius 3 is 2.25 bits per heavy atom. The number of carbonyl (C=O) groups excluding carboxylic acids is 1. The summed E-state index contributed by atoms with van der Waals surface area (Å²) in [5.41, 5.74) is 3.25. The first kappa shape index (κ1) is 14.2. The van der Waals surface area contributed by atoms with Crippen LogP contribution in [0.2, 0.25) is 0 Å². The molecule has 2 rings (SSSR count). The molecular formula is C16H19N3O. The number of aromatic nitrogens is 2. The number of carbonyl (C=O) groups is 1. The van der Waals surface area contributed by atoms with Crippen LogP contribution in [-0.4, -0.2) is 22.4 Å². The van der Waals surface area contributed by atoms with E-state index in [1.807, 2.05) is 39.0 Å². The number of aryl methyl sites for hydroxylation is 3. The number of hydrogen-bond donors (Lipinski definition) is 1. The molecule has 1 aromatic heterocycles. The maximum Gasteiger partial charge on any atom is 0.254 e. The molecule has 4 heteroatoms. The maximum atomic E-state index is 12.2. The topological polar surface area (TPSA) is 54.9 Å². The third kappa shape index (κ3) is 3.41. The molecule has 1 amide bonds. The largest absolute Gasteiger partial charge is 0.352 e. The Morgan fingerprint density at radius 1 is 1.05 bits per heavy atom. The van der Waals surface area contributed by atoms with Gasteiger partial charge in [0.2, 0.25) is 0 Å². The first-order valence-corrected chi connectivity index (χ1v) is 6.72. The van der Waals surface area contributed by atoms with Crippen LogP contribution in [0.4, 0.5) is 0 Å². The quantitative estimate of drug-likeness (QED) is 0.927. The Morgan fingerprint density at radius 2 is 1.65 bits per heavy atom. The van der Waals surface area contributed by atoms with Crippen LogP contribution in [0, 0.1) is 20.8 Å². The number of amides is 1. The summed E-state index contributed by atoms with van der Waals surface area (Å²) in [7, 11) is 0. The normalized spacial score (nSPS) is 10.3. The van der Waals surface area contributed by atoms with Gasteiger partial charge in [-0.15, -0.1) is 0 Å². The SMILES string of the molecule is Cc1nc(C)c(C(=O)NCCc2ccccc2)c(C)n1. The summed E-state index contributed by atoms with van der Waals surface area (Å²) >= 11 is 0. The van der Waals surface area contributed by atoms with Gasteiger partial charge in [0.05, 0.1) is 17.0 Å². The molecule has 0 spiro atoms. The Labute approximate surface area is 119 Å². The zero-order valence-electron chi connectivity index (χ0n) is 12.1. The summed E-state index contributed by atoms with van der Waals surface area (Å²) in [6, 6.07) is 10.1. The molecule has 2 aromatic rings. The number of nitrogens with zero attached hydrogens (tertiary/aromatic N) is 2. The fourth-order valence-corrected chi connectivity index (χ4v) is 2.27. The Bertz CT molecular complexity index is 585. The van der Waals surface area contributed by atoms with Crippen LogP contribution >= 0.6 is 0 Å². The van der Waals surface area contributed by atoms with Gasteiger partial charge in [-0.2, -0.15) is 0 Å². The van der Waals surface area contributed by atoms with Crippen LogP contribution < -0.4 is 5.32 Å². The Kier molecular flexibility index (Phi) is 4.45. The molecule has 1 N–H and O–H groups in total. The third-order valence-corrected chi connectivity index (χ3v) is 3.15. The highest BCUT2D eigenvalue weighted by atomic mass is 16.1. The minimum absolute atomic E-state index is 0.101. The standard InChI is InChI=1S/C16H19N3O/c1-11-15(12(2)19-13(3)18-11)16(20)17-10-9-14-7-5-4-6-8-14/h4-8H,9-10H2,1-3H3,(H,17,20). The van der Waals surface area contributed by atoms with E-state index in [1.165, 1.54) is 5.56 Å². The molecule has 0 bridgehead atoms. The Balaban J connectivity index is 1.99. The van der Waals surface area contributed by atoms with E-state index in [-0.39, 0.29) is 5.91 Å². The molecular weight excluding hydrogens is 250 g/mol. The van der Waals surface area contributed by atoms with Crippen molar-refractivity contribution >= 4 is 5.91 Å². The highest BCUT2D eigenvalue weighted by Crippen LogP contribution is 2.09. The van der Waals surface area contributed by atoms with Gasteiger partial charge in [0.15, 0.2) is 0 Å². The van der Waals surface area contributed by atoms with Gasteiger partial charge < -0.3 is 5.32 Å². The predicted octanol–water partition coefficient (Wildman–Crippen LogP) is 2.37. The molecule has 104 valence electrons. The molecule has 0 atom stereocenters. The monoisotopic (exact) mass is 269 g/mol. The molecule has 0 unspecified atom stereocenters. The van der Waals surface area contributed by atoms with Gasteiger partial charge >= 0.3 is 0 Å². The zero-order valence-corrected chi connectivity index (χ0v) is 12.1. The molecule has 0 fully saturated rings. The second-order valence-corrected chi connectivity index (χ2v) is 4.81. The van der Waals surface area contributed by atoms with E-state index in [1.54, 1.807) is 0 Å². The van der Waals surface area contributed by atoms with Crippen molar-refractivity contribution in [2.24, 2.45) is 0 Å². The van der Waals surface area contributed by atoms with E-state index in [0.717, 1.165) is 17.8 Å². The number of benzene rings is 1. The lowest BCUT2D eigenvalue weighted by molar-refractivity contribution is 0.0952. The molecule has 1 aromatic carbocycles. The summed E-state index contributed by atoms with van der Waals surface area (Å²) < 4.78 is 0. The number of nitrogens with one attached hydrogen (secondary N) is 1. The zero-order chi connectivity index (χ0) is 14.5. The van der Waals surface area contributed by atoms with Crippen molar-refractivity contribution in [3.63, 3.8) is 0 Å². The molecule has 0 aliphatic rings. The molecule has 1 heterocycles. The predicted molar refractivity (Wildman–Crippen MR) is 78.7 cm³/mol. The fraction of sp³-hybridized carbons (Fsp3) is 0.312. The molecule has 0 saturated heterocycles. The Hall–Kier alpha value is -2.23. The molecule has 0 radical (unpaired) electrons. The smallest absolute Gasteiger partial charge is 0.254 e. The first-order chi connectivity index (χ1) is 9.58. The van der Waals surface area contributed by atoms with Gasteiger partial charge in [-0.05, 0) is 32.8 Å². The molecule has 4 nitrogen and oxygen atoms in total. The van der Waals surface area contributed by atoms with E-state index in [9.17, 15) is 4.79 Å². The van der Waals surface area contributed by atoms with Gasteiger partial charge in [-0.25, -0.2) is 9.97 Å².